The zero-order chi connectivity index (χ0) is 11.9. The molecular weight excluding hydrogens is 234 g/mol. The largest absolute Gasteiger partial charge is 0.301 e. The minimum absolute atomic E-state index is 0.397. The summed E-state index contributed by atoms with van der Waals surface area (Å²) in [6, 6.07) is 0. The van der Waals surface area contributed by atoms with Gasteiger partial charge in [0.05, 0.1) is 0 Å². The van der Waals surface area contributed by atoms with Crippen LogP contribution in [0.2, 0.25) is 5.28 Å². The van der Waals surface area contributed by atoms with Gasteiger partial charge in [0, 0.05) is 12.5 Å². The molecule has 0 spiro atoms. The molecule has 94 valence electrons. The Morgan fingerprint density at radius 2 is 1.94 bits per heavy atom. The van der Waals surface area contributed by atoms with E-state index in [1.54, 1.807) is 0 Å². The predicted octanol–water partition coefficient (Wildman–Crippen LogP) is 3.78. The molecule has 1 heterocycles. The Kier molecular flexibility index (Phi) is 2.89. The van der Waals surface area contributed by atoms with Gasteiger partial charge >= 0.3 is 0 Å². The summed E-state index contributed by atoms with van der Waals surface area (Å²) in [4.78, 5) is 0. The normalized spacial score (nSPS) is 23.9. The first kappa shape index (κ1) is 11.5. The molecule has 1 aromatic rings. The van der Waals surface area contributed by atoms with Crippen LogP contribution in [-0.4, -0.2) is 14.8 Å². The molecule has 0 aliphatic heterocycles. The number of rotatable bonds is 3. The molecule has 2 saturated carbocycles. The monoisotopic (exact) mass is 253 g/mol. The molecule has 0 aromatic carbocycles. The highest BCUT2D eigenvalue weighted by Crippen LogP contribution is 2.42. The first-order chi connectivity index (χ1) is 8.18. The summed E-state index contributed by atoms with van der Waals surface area (Å²) in [5.41, 5.74) is 0.397. The Morgan fingerprint density at radius 3 is 2.59 bits per heavy atom. The Labute approximate surface area is 108 Å². The van der Waals surface area contributed by atoms with Crippen LogP contribution in [0.15, 0.2) is 0 Å². The van der Waals surface area contributed by atoms with E-state index in [-0.39, 0.29) is 0 Å². The minimum atomic E-state index is 0.397. The molecule has 17 heavy (non-hydrogen) atoms. The summed E-state index contributed by atoms with van der Waals surface area (Å²) < 4.78 is 2.17. The van der Waals surface area contributed by atoms with Gasteiger partial charge < -0.3 is 4.57 Å². The van der Waals surface area contributed by atoms with Gasteiger partial charge in [-0.1, -0.05) is 26.2 Å². The van der Waals surface area contributed by atoms with Gasteiger partial charge in [0.15, 0.2) is 0 Å². The lowest BCUT2D eigenvalue weighted by Gasteiger charge is -2.34. The number of hydrogen-bond acceptors (Lipinski definition) is 2. The summed E-state index contributed by atoms with van der Waals surface area (Å²) in [6.07, 6.45) is 9.24. The molecule has 2 aliphatic carbocycles. The van der Waals surface area contributed by atoms with Crippen LogP contribution in [0.1, 0.15) is 63.6 Å². The average molecular weight is 254 g/mol. The highest BCUT2D eigenvalue weighted by Gasteiger charge is 2.34. The van der Waals surface area contributed by atoms with Crippen LogP contribution in [0.3, 0.4) is 0 Å². The van der Waals surface area contributed by atoms with Crippen LogP contribution < -0.4 is 0 Å². The second-order valence-corrected chi connectivity index (χ2v) is 6.40. The standard InChI is InChI=1S/C13H20ClN3/c1-13(7-3-2-4-8-13)9-17-11(10-5-6-10)15-16-12(17)14/h10H,2-9H2,1H3. The second kappa shape index (κ2) is 4.27. The lowest BCUT2D eigenvalue weighted by Crippen LogP contribution is -2.27. The number of aromatic nitrogens is 3. The molecular formula is C13H20ClN3. The third-order valence-corrected chi connectivity index (χ3v) is 4.56. The maximum Gasteiger partial charge on any atom is 0.225 e. The molecule has 0 radical (unpaired) electrons. The van der Waals surface area contributed by atoms with Gasteiger partial charge in [0.2, 0.25) is 5.28 Å². The third kappa shape index (κ3) is 2.35. The van der Waals surface area contributed by atoms with Gasteiger partial charge in [-0.15, -0.1) is 10.2 Å². The molecule has 0 N–H and O–H groups in total. The molecule has 0 bridgehead atoms. The summed E-state index contributed by atoms with van der Waals surface area (Å²) in [5.74, 6) is 1.75. The first-order valence-corrected chi connectivity index (χ1v) is 7.14. The fourth-order valence-corrected chi connectivity index (χ4v) is 3.21. The lowest BCUT2D eigenvalue weighted by molar-refractivity contribution is 0.181. The van der Waals surface area contributed by atoms with E-state index in [4.69, 9.17) is 11.6 Å². The first-order valence-electron chi connectivity index (χ1n) is 6.77. The van der Waals surface area contributed by atoms with E-state index in [1.807, 2.05) is 0 Å². The molecule has 2 fully saturated rings. The molecule has 1 aromatic heterocycles. The lowest BCUT2D eigenvalue weighted by atomic mass is 9.75. The topological polar surface area (TPSA) is 30.7 Å². The van der Waals surface area contributed by atoms with Gasteiger partial charge in [-0.3, -0.25) is 0 Å². The van der Waals surface area contributed by atoms with Crippen molar-refractivity contribution < 1.29 is 0 Å². The maximum absolute atomic E-state index is 6.19. The summed E-state index contributed by atoms with van der Waals surface area (Å²) in [7, 11) is 0. The molecule has 3 rings (SSSR count). The Hall–Kier alpha value is -0.570. The van der Waals surface area contributed by atoms with Crippen molar-refractivity contribution in [1.82, 2.24) is 14.8 Å². The molecule has 4 heteroatoms. The SMILES string of the molecule is CC1(Cn2c(Cl)nnc2C2CC2)CCCCC1. The summed E-state index contributed by atoms with van der Waals surface area (Å²) >= 11 is 6.19. The molecule has 2 aliphatic rings. The van der Waals surface area contributed by atoms with Crippen molar-refractivity contribution in [2.45, 2.75) is 64.3 Å². The zero-order valence-electron chi connectivity index (χ0n) is 10.5. The van der Waals surface area contributed by atoms with Crippen molar-refractivity contribution in [3.05, 3.63) is 11.1 Å². The molecule has 0 atom stereocenters. The van der Waals surface area contributed by atoms with E-state index < -0.39 is 0 Å². The van der Waals surface area contributed by atoms with Crippen molar-refractivity contribution in [2.75, 3.05) is 0 Å². The van der Waals surface area contributed by atoms with E-state index in [0.29, 0.717) is 16.6 Å². The Balaban J connectivity index is 1.81. The number of halogens is 1. The number of nitrogens with zero attached hydrogens (tertiary/aromatic N) is 3. The summed E-state index contributed by atoms with van der Waals surface area (Å²) in [6.45, 7) is 3.39. The van der Waals surface area contributed by atoms with Crippen molar-refractivity contribution in [3.8, 4) is 0 Å². The van der Waals surface area contributed by atoms with E-state index in [2.05, 4.69) is 21.7 Å². The highest BCUT2D eigenvalue weighted by atomic mass is 35.5. The van der Waals surface area contributed by atoms with E-state index in [0.717, 1.165) is 12.4 Å². The van der Waals surface area contributed by atoms with Gasteiger partial charge in [0.1, 0.15) is 5.82 Å². The molecule has 3 nitrogen and oxygen atoms in total. The van der Waals surface area contributed by atoms with Gasteiger partial charge in [0.25, 0.3) is 0 Å². The number of hydrogen-bond donors (Lipinski definition) is 0. The second-order valence-electron chi connectivity index (χ2n) is 6.06. The molecule has 0 amide bonds. The smallest absolute Gasteiger partial charge is 0.225 e. The quantitative estimate of drug-likeness (QED) is 0.821. The van der Waals surface area contributed by atoms with E-state index in [1.165, 1.54) is 44.9 Å². The maximum atomic E-state index is 6.19. The van der Waals surface area contributed by atoms with Crippen LogP contribution in [0, 0.1) is 5.41 Å². The molecule has 0 unspecified atom stereocenters. The van der Waals surface area contributed by atoms with Crippen LogP contribution in [0.5, 0.6) is 0 Å². The summed E-state index contributed by atoms with van der Waals surface area (Å²) in [5, 5.41) is 8.89. The third-order valence-electron chi connectivity index (χ3n) is 4.28. The fourth-order valence-electron chi connectivity index (χ4n) is 3.03. The average Bonchev–Trinajstić information content (AvgIpc) is 3.08. The van der Waals surface area contributed by atoms with Crippen LogP contribution in [0.25, 0.3) is 0 Å². The zero-order valence-corrected chi connectivity index (χ0v) is 11.2. The predicted molar refractivity (Wildman–Crippen MR) is 68.2 cm³/mol. The van der Waals surface area contributed by atoms with Crippen molar-refractivity contribution >= 4 is 11.6 Å². The minimum Gasteiger partial charge on any atom is -0.301 e. The van der Waals surface area contributed by atoms with E-state index >= 15 is 0 Å². The van der Waals surface area contributed by atoms with Crippen molar-refractivity contribution in [2.24, 2.45) is 5.41 Å². The fraction of sp³-hybridized carbons (Fsp3) is 0.846. The highest BCUT2D eigenvalue weighted by molar-refractivity contribution is 6.28. The Morgan fingerprint density at radius 1 is 1.24 bits per heavy atom. The van der Waals surface area contributed by atoms with Crippen LogP contribution >= 0.6 is 11.6 Å². The van der Waals surface area contributed by atoms with E-state index in [9.17, 15) is 0 Å². The van der Waals surface area contributed by atoms with Crippen molar-refractivity contribution in [1.29, 1.82) is 0 Å². The van der Waals surface area contributed by atoms with Gasteiger partial charge in [-0.2, -0.15) is 0 Å². The van der Waals surface area contributed by atoms with Gasteiger partial charge in [-0.05, 0) is 42.7 Å². The van der Waals surface area contributed by atoms with Crippen LogP contribution in [0.4, 0.5) is 0 Å². The Bertz CT molecular complexity index is 403. The molecule has 0 saturated heterocycles. The van der Waals surface area contributed by atoms with Crippen LogP contribution in [-0.2, 0) is 6.54 Å². The van der Waals surface area contributed by atoms with Crippen molar-refractivity contribution in [3.63, 3.8) is 0 Å². The van der Waals surface area contributed by atoms with Gasteiger partial charge in [-0.25, -0.2) is 0 Å².